The molecule has 8 nitrogen and oxygen atoms in total. The Balaban J connectivity index is 1.23. The normalized spacial score (nSPS) is 26.7. The second-order valence-corrected chi connectivity index (χ2v) is 16.3. The maximum absolute atomic E-state index is 14.1. The SMILES string of the molecule is COc1cccc(CN(C(=O)CN(c2ccc(C34CC5CC(CC(C5)C3)C4)cc2)S(C)(=O)=O)C(C)C(=O)NC2CCCCC2)c1. The van der Waals surface area contributed by atoms with Crippen LogP contribution in [0.3, 0.4) is 0 Å². The molecule has 5 aliphatic carbocycles. The van der Waals surface area contributed by atoms with Crippen molar-refractivity contribution in [2.24, 2.45) is 17.8 Å². The van der Waals surface area contributed by atoms with Crippen molar-refractivity contribution in [3.63, 3.8) is 0 Å². The van der Waals surface area contributed by atoms with E-state index in [2.05, 4.69) is 17.4 Å². The molecule has 7 rings (SSSR count). The molecule has 0 aliphatic heterocycles. The third kappa shape index (κ3) is 7.03. The summed E-state index contributed by atoms with van der Waals surface area (Å²) in [5, 5.41) is 3.15. The summed E-state index contributed by atoms with van der Waals surface area (Å²) in [6, 6.07) is 14.6. The Morgan fingerprint density at radius 3 is 2.16 bits per heavy atom. The molecule has 1 unspecified atom stereocenters. The lowest BCUT2D eigenvalue weighted by atomic mass is 9.48. The number of benzene rings is 2. The number of amides is 2. The first kappa shape index (κ1) is 31.9. The van der Waals surface area contributed by atoms with Gasteiger partial charge in [0, 0.05) is 12.6 Å². The van der Waals surface area contributed by atoms with E-state index < -0.39 is 22.0 Å². The van der Waals surface area contributed by atoms with Gasteiger partial charge in [-0.05, 0) is 117 Å². The molecule has 1 atom stereocenters. The van der Waals surface area contributed by atoms with E-state index in [1.165, 1.54) is 59.7 Å². The van der Waals surface area contributed by atoms with E-state index in [0.29, 0.717) is 11.4 Å². The predicted molar refractivity (Wildman–Crippen MR) is 177 cm³/mol. The highest BCUT2D eigenvalue weighted by Gasteiger charge is 2.51. The third-order valence-corrected chi connectivity index (χ3v) is 12.2. The van der Waals surface area contributed by atoms with Crippen LogP contribution in [0.4, 0.5) is 5.69 Å². The van der Waals surface area contributed by atoms with Crippen molar-refractivity contribution in [1.82, 2.24) is 10.2 Å². The highest BCUT2D eigenvalue weighted by Crippen LogP contribution is 2.60. The highest BCUT2D eigenvalue weighted by molar-refractivity contribution is 7.92. The van der Waals surface area contributed by atoms with E-state index >= 15 is 0 Å². The standard InChI is InChI=1S/C36H49N3O5S/c1-25(35(41)37-31-9-5-4-6-10-31)38(23-26-8-7-11-33(19-26)44-2)34(40)24-39(45(3,42)43)32-14-12-30(13-15-32)36-20-27-16-28(21-36)18-29(17-27)22-36/h7-8,11-15,19,25,27-29,31H,4-6,9-10,16-18,20-24H2,1-3H3,(H,37,41). The number of anilines is 1. The number of hydrogen-bond acceptors (Lipinski definition) is 5. The molecule has 0 radical (unpaired) electrons. The number of carbonyl (C=O) groups is 2. The van der Waals surface area contributed by atoms with Crippen molar-refractivity contribution in [3.8, 4) is 5.75 Å². The first-order valence-electron chi connectivity index (χ1n) is 16.8. The number of hydrogen-bond donors (Lipinski definition) is 1. The molecule has 244 valence electrons. The minimum absolute atomic E-state index is 0.0995. The van der Waals surface area contributed by atoms with Gasteiger partial charge in [0.05, 0.1) is 19.1 Å². The van der Waals surface area contributed by atoms with Crippen molar-refractivity contribution >= 4 is 27.5 Å². The van der Waals surface area contributed by atoms with Crippen LogP contribution >= 0.6 is 0 Å². The Hall–Kier alpha value is -3.07. The second-order valence-electron chi connectivity index (χ2n) is 14.4. The molecule has 5 aliphatic rings. The molecular weight excluding hydrogens is 586 g/mol. The van der Waals surface area contributed by atoms with Gasteiger partial charge < -0.3 is 15.0 Å². The summed E-state index contributed by atoms with van der Waals surface area (Å²) in [5.74, 6) is 2.44. The van der Waals surface area contributed by atoms with Gasteiger partial charge in [0.15, 0.2) is 0 Å². The Morgan fingerprint density at radius 2 is 1.58 bits per heavy atom. The number of rotatable bonds is 11. The number of nitrogens with one attached hydrogen (secondary N) is 1. The minimum Gasteiger partial charge on any atom is -0.497 e. The molecule has 2 aromatic carbocycles. The predicted octanol–water partition coefficient (Wildman–Crippen LogP) is 5.80. The maximum atomic E-state index is 14.1. The summed E-state index contributed by atoms with van der Waals surface area (Å²) >= 11 is 0. The zero-order valence-corrected chi connectivity index (χ0v) is 27.9. The van der Waals surface area contributed by atoms with Gasteiger partial charge in [-0.3, -0.25) is 13.9 Å². The fraction of sp³-hybridized carbons (Fsp3) is 0.611. The van der Waals surface area contributed by atoms with E-state index in [1.54, 1.807) is 14.0 Å². The van der Waals surface area contributed by atoms with Crippen LogP contribution in [-0.2, 0) is 31.6 Å². The summed E-state index contributed by atoms with van der Waals surface area (Å²) < 4.78 is 32.9. The number of methoxy groups -OCH3 is 1. The Kier molecular flexibility index (Phi) is 9.19. The number of carbonyl (C=O) groups excluding carboxylic acids is 2. The fourth-order valence-electron chi connectivity index (χ4n) is 9.18. The lowest BCUT2D eigenvalue weighted by Gasteiger charge is -2.57. The van der Waals surface area contributed by atoms with E-state index in [4.69, 9.17) is 4.74 Å². The van der Waals surface area contributed by atoms with E-state index in [1.807, 2.05) is 36.4 Å². The van der Waals surface area contributed by atoms with Crippen molar-refractivity contribution in [1.29, 1.82) is 0 Å². The van der Waals surface area contributed by atoms with Crippen LogP contribution in [0.15, 0.2) is 48.5 Å². The lowest BCUT2D eigenvalue weighted by Crippen LogP contribution is -2.53. The second kappa shape index (κ2) is 13.0. The quantitative estimate of drug-likeness (QED) is 0.337. The van der Waals surface area contributed by atoms with E-state index in [0.717, 1.165) is 55.3 Å². The van der Waals surface area contributed by atoms with Crippen molar-refractivity contribution in [3.05, 3.63) is 59.7 Å². The molecule has 2 amide bonds. The molecule has 4 bridgehead atoms. The zero-order chi connectivity index (χ0) is 31.8. The number of ether oxygens (including phenoxy) is 1. The lowest BCUT2D eigenvalue weighted by molar-refractivity contribution is -0.139. The molecule has 2 aromatic rings. The molecule has 0 aromatic heterocycles. The van der Waals surface area contributed by atoms with Crippen molar-refractivity contribution in [2.75, 3.05) is 24.2 Å². The summed E-state index contributed by atoms with van der Waals surface area (Å²) in [5.41, 5.74) is 2.77. The van der Waals surface area contributed by atoms with Crippen molar-refractivity contribution in [2.45, 2.75) is 102 Å². The molecular formula is C36H49N3O5S. The summed E-state index contributed by atoms with van der Waals surface area (Å²) in [7, 11) is -2.21. The molecule has 0 heterocycles. The van der Waals surface area contributed by atoms with Gasteiger partial charge in [0.2, 0.25) is 21.8 Å². The molecule has 0 saturated heterocycles. The molecule has 5 saturated carbocycles. The monoisotopic (exact) mass is 635 g/mol. The van der Waals surface area contributed by atoms with Crippen LogP contribution in [0.25, 0.3) is 0 Å². The van der Waals surface area contributed by atoms with Crippen LogP contribution in [0.2, 0.25) is 0 Å². The van der Waals surface area contributed by atoms with E-state index in [-0.39, 0.29) is 30.5 Å². The first-order chi connectivity index (χ1) is 21.5. The third-order valence-electron chi connectivity index (χ3n) is 11.1. The Morgan fingerprint density at radius 1 is 0.956 bits per heavy atom. The van der Waals surface area contributed by atoms with Crippen LogP contribution in [-0.4, -0.2) is 57.1 Å². The maximum Gasteiger partial charge on any atom is 0.244 e. The fourth-order valence-corrected chi connectivity index (χ4v) is 10.0. The largest absolute Gasteiger partial charge is 0.497 e. The van der Waals surface area contributed by atoms with Gasteiger partial charge in [-0.1, -0.05) is 43.5 Å². The Labute approximate surface area is 268 Å². The molecule has 5 fully saturated rings. The van der Waals surface area contributed by atoms with Crippen LogP contribution in [0.1, 0.15) is 88.7 Å². The van der Waals surface area contributed by atoms with Crippen molar-refractivity contribution < 1.29 is 22.7 Å². The summed E-state index contributed by atoms with van der Waals surface area (Å²) in [6.45, 7) is 1.49. The molecule has 9 heteroatoms. The first-order valence-corrected chi connectivity index (χ1v) is 18.7. The number of sulfonamides is 1. The summed E-state index contributed by atoms with van der Waals surface area (Å²) in [6.07, 6.45) is 14.1. The molecule has 0 spiro atoms. The van der Waals surface area contributed by atoms with E-state index in [9.17, 15) is 18.0 Å². The van der Waals surface area contributed by atoms with Gasteiger partial charge >= 0.3 is 0 Å². The smallest absolute Gasteiger partial charge is 0.244 e. The van der Waals surface area contributed by atoms with Gasteiger partial charge in [0.1, 0.15) is 18.3 Å². The number of nitrogens with zero attached hydrogens (tertiary/aromatic N) is 2. The minimum atomic E-state index is -3.79. The zero-order valence-electron chi connectivity index (χ0n) is 27.0. The van der Waals surface area contributed by atoms with Crippen LogP contribution in [0.5, 0.6) is 5.75 Å². The van der Waals surface area contributed by atoms with Gasteiger partial charge in [-0.2, -0.15) is 0 Å². The topological polar surface area (TPSA) is 96.0 Å². The molecule has 45 heavy (non-hydrogen) atoms. The van der Waals surface area contributed by atoms with Gasteiger partial charge in [-0.15, -0.1) is 0 Å². The average molecular weight is 636 g/mol. The highest BCUT2D eigenvalue weighted by atomic mass is 32.2. The summed E-state index contributed by atoms with van der Waals surface area (Å²) in [4.78, 5) is 29.0. The molecule has 1 N–H and O–H groups in total. The van der Waals surface area contributed by atoms with Gasteiger partial charge in [-0.25, -0.2) is 8.42 Å². The van der Waals surface area contributed by atoms with Crippen LogP contribution in [0, 0.1) is 17.8 Å². The van der Waals surface area contributed by atoms with Crippen LogP contribution < -0.4 is 14.4 Å². The van der Waals surface area contributed by atoms with Gasteiger partial charge in [0.25, 0.3) is 0 Å². The average Bonchev–Trinajstić information content (AvgIpc) is 3.01. The Bertz CT molecular complexity index is 1450.